The Kier molecular flexibility index (Phi) is 7.97. The van der Waals surface area contributed by atoms with E-state index in [1.54, 1.807) is 0 Å². The maximum atomic E-state index is 12.0. The van der Waals surface area contributed by atoms with Crippen LogP contribution >= 0.6 is 0 Å². The maximum absolute atomic E-state index is 12.0. The van der Waals surface area contributed by atoms with Crippen molar-refractivity contribution in [3.63, 3.8) is 0 Å². The summed E-state index contributed by atoms with van der Waals surface area (Å²) in [6.45, 7) is 6.58. The Labute approximate surface area is 151 Å². The van der Waals surface area contributed by atoms with E-state index in [4.69, 9.17) is 4.74 Å². The van der Waals surface area contributed by atoms with Gasteiger partial charge in [-0.3, -0.25) is 0 Å². The van der Waals surface area contributed by atoms with Gasteiger partial charge in [-0.15, -0.1) is 0 Å². The average Bonchev–Trinajstić information content (AvgIpc) is 2.65. The van der Waals surface area contributed by atoms with Crippen molar-refractivity contribution in [2.45, 2.75) is 45.4 Å². The molecular formula is C23H28O2. The van der Waals surface area contributed by atoms with Crippen molar-refractivity contribution in [2.24, 2.45) is 0 Å². The van der Waals surface area contributed by atoms with E-state index in [2.05, 4.69) is 31.7 Å². The van der Waals surface area contributed by atoms with Crippen molar-refractivity contribution in [2.75, 3.05) is 6.61 Å². The zero-order valence-electron chi connectivity index (χ0n) is 15.2. The van der Waals surface area contributed by atoms with Crippen molar-refractivity contribution in [1.82, 2.24) is 0 Å². The molecule has 0 radical (unpaired) electrons. The molecule has 0 saturated heterocycles. The molecular weight excluding hydrogens is 308 g/mol. The van der Waals surface area contributed by atoms with Gasteiger partial charge in [0.15, 0.2) is 0 Å². The van der Waals surface area contributed by atoms with Crippen LogP contribution in [0, 0.1) is 0 Å². The molecule has 0 amide bonds. The van der Waals surface area contributed by atoms with Gasteiger partial charge in [0.05, 0.1) is 6.61 Å². The van der Waals surface area contributed by atoms with E-state index < -0.39 is 0 Å². The Morgan fingerprint density at radius 2 is 1.80 bits per heavy atom. The number of unbranched alkanes of at least 4 members (excludes halogenated alkanes) is 5. The van der Waals surface area contributed by atoms with E-state index in [0.717, 1.165) is 34.7 Å². The largest absolute Gasteiger partial charge is 0.463 e. The summed E-state index contributed by atoms with van der Waals surface area (Å²) in [5, 5.41) is 2.26. The molecule has 0 aromatic heterocycles. The number of esters is 1. The molecule has 0 aliphatic carbocycles. The summed E-state index contributed by atoms with van der Waals surface area (Å²) in [7, 11) is 0. The monoisotopic (exact) mass is 336 g/mol. The van der Waals surface area contributed by atoms with Crippen molar-refractivity contribution < 1.29 is 9.53 Å². The first-order valence-corrected chi connectivity index (χ1v) is 9.25. The van der Waals surface area contributed by atoms with Gasteiger partial charge in [-0.05, 0) is 34.4 Å². The van der Waals surface area contributed by atoms with Crippen LogP contribution in [-0.2, 0) is 9.53 Å². The quantitative estimate of drug-likeness (QED) is 0.285. The second-order valence-electron chi connectivity index (χ2n) is 6.26. The van der Waals surface area contributed by atoms with Crippen LogP contribution in [0.3, 0.4) is 0 Å². The Balaban J connectivity index is 1.91. The van der Waals surface area contributed by atoms with Crippen LogP contribution in [0.5, 0.6) is 0 Å². The zero-order valence-corrected chi connectivity index (χ0v) is 15.2. The molecule has 132 valence electrons. The number of benzene rings is 2. The van der Waals surface area contributed by atoms with Crippen LogP contribution in [0.15, 0.2) is 49.1 Å². The lowest BCUT2D eigenvalue weighted by atomic mass is 9.98. The van der Waals surface area contributed by atoms with Gasteiger partial charge in [-0.25, -0.2) is 4.79 Å². The zero-order chi connectivity index (χ0) is 17.9. The van der Waals surface area contributed by atoms with Crippen LogP contribution < -0.4 is 0 Å². The van der Waals surface area contributed by atoms with Crippen LogP contribution in [0.4, 0.5) is 0 Å². The minimum atomic E-state index is -0.281. The fourth-order valence-electron chi connectivity index (χ4n) is 2.93. The lowest BCUT2D eigenvalue weighted by molar-refractivity contribution is -0.137. The fourth-order valence-corrected chi connectivity index (χ4v) is 2.93. The van der Waals surface area contributed by atoms with Crippen LogP contribution in [0.25, 0.3) is 22.9 Å². The number of ether oxygens (including phenoxy) is 1. The summed E-state index contributed by atoms with van der Waals surface area (Å²) in [4.78, 5) is 12.0. The molecule has 2 aromatic carbocycles. The highest BCUT2D eigenvalue weighted by Gasteiger charge is 2.04. The first-order valence-electron chi connectivity index (χ1n) is 9.25. The summed E-state index contributed by atoms with van der Waals surface area (Å²) in [5.74, 6) is -0.281. The Morgan fingerprint density at radius 3 is 2.60 bits per heavy atom. The number of fused-ring (bicyclic) bond motifs is 1. The molecule has 25 heavy (non-hydrogen) atoms. The maximum Gasteiger partial charge on any atom is 0.330 e. The van der Waals surface area contributed by atoms with Gasteiger partial charge in [0, 0.05) is 6.08 Å². The molecule has 0 N–H and O–H groups in total. The summed E-state index contributed by atoms with van der Waals surface area (Å²) in [6, 6.07) is 12.2. The number of carbonyl (C=O) groups is 1. The molecule has 0 saturated carbocycles. The van der Waals surface area contributed by atoms with Gasteiger partial charge in [-0.1, -0.05) is 88.1 Å². The van der Waals surface area contributed by atoms with Gasteiger partial charge >= 0.3 is 5.97 Å². The standard InChI is InChI=1S/C23H28O2/c1-3-5-6-7-8-11-18-25-23(24)17-16-22-19(4-2)14-15-20-12-9-10-13-21(20)22/h4,9-10,12-17H,2-3,5-8,11,18H2,1H3. The lowest BCUT2D eigenvalue weighted by Crippen LogP contribution is -2.02. The molecule has 2 nitrogen and oxygen atoms in total. The molecule has 2 heteroatoms. The topological polar surface area (TPSA) is 26.3 Å². The van der Waals surface area contributed by atoms with Crippen molar-refractivity contribution >= 4 is 28.9 Å². The van der Waals surface area contributed by atoms with Crippen LogP contribution in [0.1, 0.15) is 56.6 Å². The molecule has 0 aliphatic heterocycles. The van der Waals surface area contributed by atoms with Gasteiger partial charge < -0.3 is 4.74 Å². The molecule has 0 atom stereocenters. The predicted octanol–water partition coefficient (Wildman–Crippen LogP) is 6.40. The summed E-state index contributed by atoms with van der Waals surface area (Å²) in [6.07, 6.45) is 12.3. The predicted molar refractivity (Wildman–Crippen MR) is 107 cm³/mol. The summed E-state index contributed by atoms with van der Waals surface area (Å²) >= 11 is 0. The molecule has 0 aliphatic rings. The normalized spacial score (nSPS) is 11.1. The van der Waals surface area contributed by atoms with Gasteiger partial charge in [-0.2, -0.15) is 0 Å². The third-order valence-corrected chi connectivity index (χ3v) is 4.35. The SMILES string of the molecule is C=Cc1ccc2ccccc2c1C=CC(=O)OCCCCCCCC. The first kappa shape index (κ1) is 19.0. The molecule has 0 unspecified atom stereocenters. The smallest absolute Gasteiger partial charge is 0.330 e. The van der Waals surface area contributed by atoms with Gasteiger partial charge in [0.2, 0.25) is 0 Å². The highest BCUT2D eigenvalue weighted by Crippen LogP contribution is 2.24. The number of rotatable bonds is 10. The van der Waals surface area contributed by atoms with E-state index >= 15 is 0 Å². The Morgan fingerprint density at radius 1 is 1.04 bits per heavy atom. The molecule has 0 fully saturated rings. The Bertz CT molecular complexity index is 728. The molecule has 0 bridgehead atoms. The highest BCUT2D eigenvalue weighted by molar-refractivity contribution is 5.97. The van der Waals surface area contributed by atoms with E-state index in [0.29, 0.717) is 6.61 Å². The van der Waals surface area contributed by atoms with Crippen molar-refractivity contribution in [3.05, 3.63) is 60.2 Å². The summed E-state index contributed by atoms with van der Waals surface area (Å²) in [5.41, 5.74) is 2.02. The summed E-state index contributed by atoms with van der Waals surface area (Å²) < 4.78 is 5.30. The Hall–Kier alpha value is -2.35. The van der Waals surface area contributed by atoms with E-state index in [-0.39, 0.29) is 5.97 Å². The van der Waals surface area contributed by atoms with Crippen LogP contribution in [0.2, 0.25) is 0 Å². The number of hydrogen-bond donors (Lipinski definition) is 0. The van der Waals surface area contributed by atoms with Crippen molar-refractivity contribution in [3.8, 4) is 0 Å². The third-order valence-electron chi connectivity index (χ3n) is 4.35. The van der Waals surface area contributed by atoms with E-state index in [9.17, 15) is 4.79 Å². The second-order valence-corrected chi connectivity index (χ2v) is 6.26. The van der Waals surface area contributed by atoms with Crippen molar-refractivity contribution in [1.29, 1.82) is 0 Å². The van der Waals surface area contributed by atoms with Crippen LogP contribution in [-0.4, -0.2) is 12.6 Å². The fraction of sp³-hybridized carbons (Fsp3) is 0.348. The molecule has 2 aromatic rings. The van der Waals surface area contributed by atoms with E-state index in [1.807, 2.05) is 30.4 Å². The van der Waals surface area contributed by atoms with Gasteiger partial charge in [0.25, 0.3) is 0 Å². The number of carbonyl (C=O) groups excluding carboxylic acids is 1. The lowest BCUT2D eigenvalue weighted by Gasteiger charge is -2.07. The second kappa shape index (κ2) is 10.5. The minimum Gasteiger partial charge on any atom is -0.463 e. The van der Waals surface area contributed by atoms with Gasteiger partial charge in [0.1, 0.15) is 0 Å². The highest BCUT2D eigenvalue weighted by atomic mass is 16.5. The molecule has 2 rings (SSSR count). The average molecular weight is 336 g/mol. The first-order chi connectivity index (χ1) is 12.3. The molecule has 0 heterocycles. The molecule has 0 spiro atoms. The number of hydrogen-bond acceptors (Lipinski definition) is 2. The minimum absolute atomic E-state index is 0.281. The third kappa shape index (κ3) is 5.90. The van der Waals surface area contributed by atoms with E-state index in [1.165, 1.54) is 31.8 Å².